The largest absolute Gasteiger partial charge is 0.368 e. The summed E-state index contributed by atoms with van der Waals surface area (Å²) in [5.41, 5.74) is 1.25. The summed E-state index contributed by atoms with van der Waals surface area (Å²) in [7, 11) is 0. The Balaban J connectivity index is 1.59. The zero-order valence-electron chi connectivity index (χ0n) is 12.0. The van der Waals surface area contributed by atoms with Gasteiger partial charge in [-0.15, -0.1) is 11.3 Å². The summed E-state index contributed by atoms with van der Waals surface area (Å²) in [4.78, 5) is 7.37. The first kappa shape index (κ1) is 13.5. The molecule has 3 nitrogen and oxygen atoms in total. The van der Waals surface area contributed by atoms with Gasteiger partial charge in [0.05, 0.1) is 12.3 Å². The zero-order chi connectivity index (χ0) is 13.2. The van der Waals surface area contributed by atoms with Crippen LogP contribution in [0.1, 0.15) is 49.9 Å². The standard InChI is InChI=1S/C15H24N2OS/c1-11(2)5-6-12-10-19-15(16-12)14-8-17-7-3-4-13(17)9-18-14/h10-11,13-14H,3-9H2,1-2H3/t13-,14-/m0/s1. The maximum absolute atomic E-state index is 6.02. The minimum atomic E-state index is 0.215. The van der Waals surface area contributed by atoms with Gasteiger partial charge < -0.3 is 4.74 Å². The molecule has 2 aliphatic rings. The molecule has 2 aliphatic heterocycles. The summed E-state index contributed by atoms with van der Waals surface area (Å²) in [6, 6.07) is 0.677. The van der Waals surface area contributed by atoms with Gasteiger partial charge >= 0.3 is 0 Å². The van der Waals surface area contributed by atoms with Gasteiger partial charge in [-0.3, -0.25) is 4.90 Å². The van der Waals surface area contributed by atoms with Crippen LogP contribution in [0.4, 0.5) is 0 Å². The van der Waals surface area contributed by atoms with E-state index in [1.54, 1.807) is 11.3 Å². The maximum Gasteiger partial charge on any atom is 0.123 e. The van der Waals surface area contributed by atoms with Gasteiger partial charge in [0.15, 0.2) is 0 Å². The summed E-state index contributed by atoms with van der Waals surface area (Å²) in [5.74, 6) is 0.751. The van der Waals surface area contributed by atoms with E-state index in [0.717, 1.165) is 25.5 Å². The Morgan fingerprint density at radius 1 is 1.53 bits per heavy atom. The van der Waals surface area contributed by atoms with Gasteiger partial charge in [-0.1, -0.05) is 13.8 Å². The molecule has 1 aromatic heterocycles. The Morgan fingerprint density at radius 2 is 2.42 bits per heavy atom. The normalized spacial score (nSPS) is 27.9. The fraction of sp³-hybridized carbons (Fsp3) is 0.800. The molecule has 0 radical (unpaired) electrons. The van der Waals surface area contributed by atoms with Crippen LogP contribution in [-0.2, 0) is 11.2 Å². The van der Waals surface area contributed by atoms with Gasteiger partial charge in [0, 0.05) is 18.0 Å². The third-order valence-corrected chi connectivity index (χ3v) is 5.20. The van der Waals surface area contributed by atoms with Crippen LogP contribution in [0, 0.1) is 5.92 Å². The van der Waals surface area contributed by atoms with Crippen molar-refractivity contribution in [2.24, 2.45) is 5.92 Å². The van der Waals surface area contributed by atoms with Crippen LogP contribution < -0.4 is 0 Å². The van der Waals surface area contributed by atoms with Gasteiger partial charge in [-0.2, -0.15) is 0 Å². The lowest BCUT2D eigenvalue weighted by molar-refractivity contribution is -0.0502. The number of rotatable bonds is 4. The first-order valence-corrected chi connectivity index (χ1v) is 8.40. The second kappa shape index (κ2) is 5.90. The molecular weight excluding hydrogens is 256 g/mol. The van der Waals surface area contributed by atoms with Crippen LogP contribution >= 0.6 is 11.3 Å². The average Bonchev–Trinajstić information content (AvgIpc) is 3.04. The lowest BCUT2D eigenvalue weighted by Gasteiger charge is -2.34. The van der Waals surface area contributed by atoms with Crippen LogP contribution in [0.2, 0.25) is 0 Å². The third-order valence-electron chi connectivity index (χ3n) is 4.21. The highest BCUT2D eigenvalue weighted by atomic mass is 32.1. The molecule has 106 valence electrons. The first-order valence-electron chi connectivity index (χ1n) is 7.52. The number of ether oxygens (including phenoxy) is 1. The molecule has 2 atom stereocenters. The zero-order valence-corrected chi connectivity index (χ0v) is 12.8. The van der Waals surface area contributed by atoms with Crippen molar-refractivity contribution < 1.29 is 4.74 Å². The van der Waals surface area contributed by atoms with Crippen LogP contribution in [-0.4, -0.2) is 35.6 Å². The van der Waals surface area contributed by atoms with E-state index < -0.39 is 0 Å². The number of hydrogen-bond donors (Lipinski definition) is 0. The monoisotopic (exact) mass is 280 g/mol. The topological polar surface area (TPSA) is 25.4 Å². The van der Waals surface area contributed by atoms with E-state index in [-0.39, 0.29) is 6.10 Å². The molecule has 0 spiro atoms. The van der Waals surface area contributed by atoms with E-state index in [1.807, 2.05) is 0 Å². The Labute approximate surface area is 120 Å². The van der Waals surface area contributed by atoms with E-state index in [2.05, 4.69) is 24.1 Å². The number of thiazole rings is 1. The van der Waals surface area contributed by atoms with Gasteiger partial charge in [0.2, 0.25) is 0 Å². The number of nitrogens with zero attached hydrogens (tertiary/aromatic N) is 2. The number of hydrogen-bond acceptors (Lipinski definition) is 4. The molecule has 19 heavy (non-hydrogen) atoms. The first-order chi connectivity index (χ1) is 9.22. The van der Waals surface area contributed by atoms with Crippen LogP contribution in [0.15, 0.2) is 5.38 Å². The fourth-order valence-corrected chi connectivity index (χ4v) is 3.88. The molecule has 0 aromatic carbocycles. The highest BCUT2D eigenvalue weighted by Gasteiger charge is 2.33. The summed E-state index contributed by atoms with van der Waals surface area (Å²) in [6.07, 6.45) is 5.19. The average molecular weight is 280 g/mol. The van der Waals surface area contributed by atoms with E-state index in [4.69, 9.17) is 9.72 Å². The van der Waals surface area contributed by atoms with Crippen LogP contribution in [0.3, 0.4) is 0 Å². The number of morpholine rings is 1. The van der Waals surface area contributed by atoms with Crippen LogP contribution in [0.25, 0.3) is 0 Å². The second-order valence-corrected chi connectivity index (χ2v) is 7.11. The van der Waals surface area contributed by atoms with Gasteiger partial charge in [-0.25, -0.2) is 4.98 Å². The number of fused-ring (bicyclic) bond motifs is 1. The molecule has 3 rings (SSSR count). The van der Waals surface area contributed by atoms with Crippen molar-refractivity contribution in [3.63, 3.8) is 0 Å². The number of aryl methyl sites for hydroxylation is 1. The fourth-order valence-electron chi connectivity index (χ4n) is 2.99. The molecule has 0 N–H and O–H groups in total. The van der Waals surface area contributed by atoms with Crippen molar-refractivity contribution in [2.45, 2.75) is 51.7 Å². The van der Waals surface area contributed by atoms with Gasteiger partial charge in [-0.05, 0) is 38.1 Å². The summed E-state index contributed by atoms with van der Waals surface area (Å²) >= 11 is 1.78. The lowest BCUT2D eigenvalue weighted by atomic mass is 10.1. The molecule has 0 saturated carbocycles. The van der Waals surface area contributed by atoms with Crippen molar-refractivity contribution in [1.82, 2.24) is 9.88 Å². The Kier molecular flexibility index (Phi) is 4.20. The van der Waals surface area contributed by atoms with E-state index in [1.165, 1.54) is 36.5 Å². The Bertz CT molecular complexity index is 418. The molecule has 4 heteroatoms. The number of aromatic nitrogens is 1. The van der Waals surface area contributed by atoms with Gasteiger partial charge in [0.1, 0.15) is 11.1 Å². The molecule has 0 aliphatic carbocycles. The molecule has 0 amide bonds. The van der Waals surface area contributed by atoms with Crippen molar-refractivity contribution in [1.29, 1.82) is 0 Å². The smallest absolute Gasteiger partial charge is 0.123 e. The van der Waals surface area contributed by atoms with E-state index in [9.17, 15) is 0 Å². The minimum Gasteiger partial charge on any atom is -0.368 e. The van der Waals surface area contributed by atoms with E-state index >= 15 is 0 Å². The van der Waals surface area contributed by atoms with E-state index in [0.29, 0.717) is 6.04 Å². The molecule has 3 heterocycles. The molecule has 0 bridgehead atoms. The second-order valence-electron chi connectivity index (χ2n) is 6.22. The summed E-state index contributed by atoms with van der Waals surface area (Å²) < 4.78 is 6.02. The predicted octanol–water partition coefficient (Wildman–Crippen LogP) is 3.27. The third kappa shape index (κ3) is 3.18. The highest BCUT2D eigenvalue weighted by Crippen LogP contribution is 2.31. The summed E-state index contributed by atoms with van der Waals surface area (Å²) in [6.45, 7) is 7.72. The van der Waals surface area contributed by atoms with Crippen molar-refractivity contribution in [3.05, 3.63) is 16.1 Å². The van der Waals surface area contributed by atoms with Crippen molar-refractivity contribution in [2.75, 3.05) is 19.7 Å². The van der Waals surface area contributed by atoms with Crippen molar-refractivity contribution in [3.8, 4) is 0 Å². The van der Waals surface area contributed by atoms with Crippen LogP contribution in [0.5, 0.6) is 0 Å². The molecule has 1 aromatic rings. The summed E-state index contributed by atoms with van der Waals surface area (Å²) in [5, 5.41) is 3.40. The Hall–Kier alpha value is -0.450. The highest BCUT2D eigenvalue weighted by molar-refractivity contribution is 7.09. The quantitative estimate of drug-likeness (QED) is 0.846. The van der Waals surface area contributed by atoms with Crippen molar-refractivity contribution >= 4 is 11.3 Å². The van der Waals surface area contributed by atoms with Gasteiger partial charge in [0.25, 0.3) is 0 Å². The Morgan fingerprint density at radius 3 is 3.26 bits per heavy atom. The predicted molar refractivity (Wildman–Crippen MR) is 78.6 cm³/mol. The molecule has 2 fully saturated rings. The molecule has 0 unspecified atom stereocenters. The lowest BCUT2D eigenvalue weighted by Crippen LogP contribution is -2.42. The SMILES string of the molecule is CC(C)CCc1csc([C@@H]2CN3CCC[C@H]3CO2)n1. The molecular formula is C15H24N2OS. The maximum atomic E-state index is 6.02. The molecule has 2 saturated heterocycles. The minimum absolute atomic E-state index is 0.215.